The van der Waals surface area contributed by atoms with Crippen LogP contribution in [0.15, 0.2) is 30.5 Å². The zero-order valence-electron chi connectivity index (χ0n) is 12.2. The number of ketones is 1. The summed E-state index contributed by atoms with van der Waals surface area (Å²) in [4.78, 5) is 13.0. The van der Waals surface area contributed by atoms with E-state index in [1.165, 1.54) is 0 Å². The van der Waals surface area contributed by atoms with Crippen LogP contribution in [0.1, 0.15) is 35.3 Å². The number of ether oxygens (including phenoxy) is 2. The van der Waals surface area contributed by atoms with Gasteiger partial charge in [0.15, 0.2) is 11.5 Å². The first kappa shape index (κ1) is 13.7. The van der Waals surface area contributed by atoms with Crippen LogP contribution in [-0.2, 0) is 6.54 Å². The summed E-state index contributed by atoms with van der Waals surface area (Å²) in [5, 5.41) is 4.22. The van der Waals surface area contributed by atoms with Crippen LogP contribution in [0.5, 0.6) is 11.5 Å². The summed E-state index contributed by atoms with van der Waals surface area (Å²) in [6.45, 7) is 3.15. The van der Waals surface area contributed by atoms with Crippen molar-refractivity contribution in [3.63, 3.8) is 0 Å². The molecule has 0 fully saturated rings. The van der Waals surface area contributed by atoms with Crippen LogP contribution in [0.4, 0.5) is 0 Å². The molecule has 2 heterocycles. The Morgan fingerprint density at radius 2 is 2.29 bits per heavy atom. The zero-order chi connectivity index (χ0) is 14.8. The standard InChI is InChI=1S/C16H18N2O3/c1-3-18-15(14(20-2)10-17-18)16(19)12-8-9-21-13-7-5-4-6-11(12)13/h4-7,10,12H,3,8-9H2,1-2H3. The molecule has 1 atom stereocenters. The Bertz CT molecular complexity index is 642. The van der Waals surface area contributed by atoms with Crippen molar-refractivity contribution in [2.75, 3.05) is 13.7 Å². The predicted octanol–water partition coefficient (Wildman–Crippen LogP) is 2.66. The Labute approximate surface area is 123 Å². The fraction of sp³-hybridized carbons (Fsp3) is 0.375. The average Bonchev–Trinajstić information content (AvgIpc) is 2.96. The third kappa shape index (κ3) is 2.28. The number of carbonyl (C=O) groups is 1. The summed E-state index contributed by atoms with van der Waals surface area (Å²) in [6.07, 6.45) is 2.27. The van der Waals surface area contributed by atoms with Gasteiger partial charge in [-0.05, 0) is 19.4 Å². The summed E-state index contributed by atoms with van der Waals surface area (Å²) in [7, 11) is 1.56. The highest BCUT2D eigenvalue weighted by molar-refractivity contribution is 6.02. The first-order chi connectivity index (χ1) is 10.3. The number of nitrogens with zero attached hydrogens (tertiary/aromatic N) is 2. The number of aromatic nitrogens is 2. The highest BCUT2D eigenvalue weighted by Gasteiger charge is 2.32. The SMILES string of the molecule is CCn1ncc(OC)c1C(=O)C1CCOc2ccccc21. The van der Waals surface area contributed by atoms with E-state index in [0.29, 0.717) is 31.0 Å². The molecule has 0 spiro atoms. The Balaban J connectivity index is 2.02. The predicted molar refractivity (Wildman–Crippen MR) is 78.1 cm³/mol. The largest absolute Gasteiger partial charge is 0.493 e. The summed E-state index contributed by atoms with van der Waals surface area (Å²) >= 11 is 0. The normalized spacial score (nSPS) is 17.0. The number of Topliss-reactive ketones (excluding diaryl/α,β-unsaturated/α-hetero) is 1. The number of methoxy groups -OCH3 is 1. The van der Waals surface area contributed by atoms with Crippen LogP contribution in [0.2, 0.25) is 0 Å². The molecule has 1 aromatic carbocycles. The molecule has 1 aliphatic heterocycles. The van der Waals surface area contributed by atoms with Crippen molar-refractivity contribution in [1.29, 1.82) is 0 Å². The summed E-state index contributed by atoms with van der Waals surface area (Å²) in [5.74, 6) is 1.17. The smallest absolute Gasteiger partial charge is 0.192 e. The maximum Gasteiger partial charge on any atom is 0.192 e. The second kappa shape index (κ2) is 5.60. The molecule has 0 bridgehead atoms. The van der Waals surface area contributed by atoms with Crippen LogP contribution in [-0.4, -0.2) is 29.3 Å². The molecule has 110 valence electrons. The lowest BCUT2D eigenvalue weighted by molar-refractivity contribution is 0.0919. The summed E-state index contributed by atoms with van der Waals surface area (Å²) in [5.41, 5.74) is 1.49. The third-order valence-corrected chi connectivity index (χ3v) is 3.83. The van der Waals surface area contributed by atoms with Gasteiger partial charge in [0.2, 0.25) is 0 Å². The van der Waals surface area contributed by atoms with E-state index in [9.17, 15) is 4.79 Å². The molecule has 0 amide bonds. The molecule has 0 radical (unpaired) electrons. The molecule has 1 unspecified atom stereocenters. The van der Waals surface area contributed by atoms with Gasteiger partial charge in [0.05, 0.1) is 25.8 Å². The van der Waals surface area contributed by atoms with Crippen molar-refractivity contribution in [3.8, 4) is 11.5 Å². The van der Waals surface area contributed by atoms with E-state index in [0.717, 1.165) is 11.3 Å². The van der Waals surface area contributed by atoms with Crippen molar-refractivity contribution in [1.82, 2.24) is 9.78 Å². The fourth-order valence-electron chi connectivity index (χ4n) is 2.79. The van der Waals surface area contributed by atoms with Crippen molar-refractivity contribution in [2.24, 2.45) is 0 Å². The Hall–Kier alpha value is -2.30. The quantitative estimate of drug-likeness (QED) is 0.811. The Kier molecular flexibility index (Phi) is 3.64. The van der Waals surface area contributed by atoms with E-state index in [2.05, 4.69) is 5.10 Å². The summed E-state index contributed by atoms with van der Waals surface area (Å²) in [6, 6.07) is 7.71. The molecule has 21 heavy (non-hydrogen) atoms. The fourth-order valence-corrected chi connectivity index (χ4v) is 2.79. The molecule has 2 aromatic rings. The molecule has 5 heteroatoms. The van der Waals surface area contributed by atoms with Crippen molar-refractivity contribution >= 4 is 5.78 Å². The molecule has 0 N–H and O–H groups in total. The lowest BCUT2D eigenvalue weighted by Gasteiger charge is -2.25. The highest BCUT2D eigenvalue weighted by Crippen LogP contribution is 2.37. The van der Waals surface area contributed by atoms with Gasteiger partial charge in [-0.25, -0.2) is 0 Å². The van der Waals surface area contributed by atoms with Gasteiger partial charge in [-0.1, -0.05) is 18.2 Å². The number of carbonyl (C=O) groups excluding carboxylic acids is 1. The first-order valence-corrected chi connectivity index (χ1v) is 7.12. The van der Waals surface area contributed by atoms with Crippen LogP contribution in [0, 0.1) is 0 Å². The van der Waals surface area contributed by atoms with E-state index in [-0.39, 0.29) is 11.7 Å². The molecular formula is C16H18N2O3. The lowest BCUT2D eigenvalue weighted by atomic mass is 9.88. The molecule has 0 aliphatic carbocycles. The maximum atomic E-state index is 13.0. The van der Waals surface area contributed by atoms with Crippen LogP contribution in [0.25, 0.3) is 0 Å². The van der Waals surface area contributed by atoms with E-state index in [4.69, 9.17) is 9.47 Å². The van der Waals surface area contributed by atoms with Gasteiger partial charge in [0, 0.05) is 12.1 Å². The number of aryl methyl sites for hydroxylation is 1. The number of para-hydroxylation sites is 1. The maximum absolute atomic E-state index is 13.0. The van der Waals surface area contributed by atoms with E-state index in [1.54, 1.807) is 18.0 Å². The highest BCUT2D eigenvalue weighted by atomic mass is 16.5. The molecule has 3 rings (SSSR count). The van der Waals surface area contributed by atoms with Crippen molar-refractivity contribution < 1.29 is 14.3 Å². The van der Waals surface area contributed by atoms with Crippen LogP contribution < -0.4 is 9.47 Å². The Morgan fingerprint density at radius 1 is 1.48 bits per heavy atom. The zero-order valence-corrected chi connectivity index (χ0v) is 12.2. The average molecular weight is 286 g/mol. The van der Waals surface area contributed by atoms with Gasteiger partial charge in [0.25, 0.3) is 0 Å². The van der Waals surface area contributed by atoms with Crippen molar-refractivity contribution in [2.45, 2.75) is 25.8 Å². The molecule has 0 saturated heterocycles. The molecule has 1 aromatic heterocycles. The van der Waals surface area contributed by atoms with E-state index >= 15 is 0 Å². The number of hydrogen-bond donors (Lipinski definition) is 0. The minimum absolute atomic E-state index is 0.0435. The van der Waals surface area contributed by atoms with E-state index < -0.39 is 0 Å². The van der Waals surface area contributed by atoms with Gasteiger partial charge in [-0.15, -0.1) is 0 Å². The second-order valence-corrected chi connectivity index (χ2v) is 4.97. The summed E-state index contributed by atoms with van der Waals surface area (Å²) < 4.78 is 12.6. The minimum atomic E-state index is -0.203. The first-order valence-electron chi connectivity index (χ1n) is 7.12. The Morgan fingerprint density at radius 3 is 3.05 bits per heavy atom. The molecule has 5 nitrogen and oxygen atoms in total. The molecule has 0 saturated carbocycles. The van der Waals surface area contributed by atoms with Gasteiger partial charge in [-0.2, -0.15) is 5.10 Å². The van der Waals surface area contributed by atoms with Crippen molar-refractivity contribution in [3.05, 3.63) is 41.7 Å². The third-order valence-electron chi connectivity index (χ3n) is 3.83. The van der Waals surface area contributed by atoms with Crippen LogP contribution >= 0.6 is 0 Å². The van der Waals surface area contributed by atoms with Gasteiger partial charge >= 0.3 is 0 Å². The number of fused-ring (bicyclic) bond motifs is 1. The lowest BCUT2D eigenvalue weighted by Crippen LogP contribution is -2.24. The van der Waals surface area contributed by atoms with Gasteiger partial charge < -0.3 is 9.47 Å². The van der Waals surface area contributed by atoms with Crippen LogP contribution in [0.3, 0.4) is 0 Å². The topological polar surface area (TPSA) is 53.4 Å². The van der Waals surface area contributed by atoms with Gasteiger partial charge in [0.1, 0.15) is 11.4 Å². The number of rotatable bonds is 4. The monoisotopic (exact) mass is 286 g/mol. The molecule has 1 aliphatic rings. The number of hydrogen-bond acceptors (Lipinski definition) is 4. The second-order valence-electron chi connectivity index (χ2n) is 4.97. The minimum Gasteiger partial charge on any atom is -0.493 e. The number of benzene rings is 1. The van der Waals surface area contributed by atoms with Gasteiger partial charge in [-0.3, -0.25) is 9.48 Å². The van der Waals surface area contributed by atoms with E-state index in [1.807, 2.05) is 31.2 Å². The molecular weight excluding hydrogens is 268 g/mol.